The van der Waals surface area contributed by atoms with E-state index >= 15 is 0 Å². The van der Waals surface area contributed by atoms with Crippen molar-refractivity contribution in [2.45, 2.75) is 31.0 Å². The highest BCUT2D eigenvalue weighted by Crippen LogP contribution is 2.38. The lowest BCUT2D eigenvalue weighted by Crippen LogP contribution is -2.23. The summed E-state index contributed by atoms with van der Waals surface area (Å²) in [5.74, 6) is -0.147. The van der Waals surface area contributed by atoms with E-state index in [0.717, 1.165) is 22.1 Å². The molecule has 0 aliphatic rings. The van der Waals surface area contributed by atoms with Crippen LogP contribution in [0.3, 0.4) is 0 Å². The molecule has 0 bridgehead atoms. The van der Waals surface area contributed by atoms with Crippen molar-refractivity contribution in [2.24, 2.45) is 0 Å². The second-order valence-corrected chi connectivity index (χ2v) is 10.9. The fourth-order valence-electron chi connectivity index (χ4n) is 3.79. The molecule has 0 aliphatic carbocycles. The van der Waals surface area contributed by atoms with Gasteiger partial charge in [0.1, 0.15) is 11.6 Å². The first kappa shape index (κ1) is 27.0. The Morgan fingerprint density at radius 3 is 2.39 bits per heavy atom. The molecule has 0 saturated heterocycles. The molecular weight excluding hydrogens is 545 g/mol. The zero-order chi connectivity index (χ0) is 25.9. The number of benzene rings is 3. The third-order valence-corrected chi connectivity index (χ3v) is 7.87. The number of rotatable bonds is 9. The van der Waals surface area contributed by atoms with E-state index in [1.165, 1.54) is 30.0 Å². The van der Waals surface area contributed by atoms with Gasteiger partial charge in [-0.05, 0) is 54.1 Å². The van der Waals surface area contributed by atoms with Crippen LogP contribution in [-0.2, 0) is 16.8 Å². The molecule has 0 fully saturated rings. The van der Waals surface area contributed by atoms with Crippen LogP contribution in [0.5, 0.6) is 0 Å². The quantitative estimate of drug-likeness (QED) is 0.149. The van der Waals surface area contributed by atoms with Gasteiger partial charge >= 0.3 is 0 Å². The first-order chi connectivity index (χ1) is 17.2. The van der Waals surface area contributed by atoms with Gasteiger partial charge in [-0.1, -0.05) is 72.5 Å². The monoisotopic (exact) mass is 566 g/mol. The number of hydrogen-bond acceptors (Lipinski definition) is 3. The molecule has 0 N–H and O–H groups in total. The van der Waals surface area contributed by atoms with E-state index < -0.39 is 11.2 Å². The highest BCUT2D eigenvalue weighted by molar-refractivity contribution is 7.99. The largest absolute Gasteiger partial charge is 0.376 e. The van der Waals surface area contributed by atoms with Crippen LogP contribution in [0.1, 0.15) is 30.7 Å². The summed E-state index contributed by atoms with van der Waals surface area (Å²) in [5, 5.41) is 2.01. The lowest BCUT2D eigenvalue weighted by Gasteiger charge is -2.28. The van der Waals surface area contributed by atoms with E-state index in [-0.39, 0.29) is 12.4 Å². The highest BCUT2D eigenvalue weighted by atomic mass is 35.5. The van der Waals surface area contributed by atoms with E-state index in [9.17, 15) is 8.78 Å². The Labute approximate surface area is 228 Å². The topological polar surface area (TPSA) is 27.1 Å². The zero-order valence-electron chi connectivity index (χ0n) is 19.6. The van der Waals surface area contributed by atoms with Crippen molar-refractivity contribution in [3.63, 3.8) is 0 Å². The molecule has 36 heavy (non-hydrogen) atoms. The molecule has 0 unspecified atom stereocenters. The van der Waals surface area contributed by atoms with Gasteiger partial charge in [0.25, 0.3) is 0 Å². The second kappa shape index (κ2) is 11.5. The summed E-state index contributed by atoms with van der Waals surface area (Å²) >= 11 is 20.0. The minimum atomic E-state index is -0.494. The number of nitrogens with zero attached hydrogens (tertiary/aromatic N) is 2. The number of ether oxygens (including phenoxy) is 1. The molecule has 3 nitrogen and oxygen atoms in total. The van der Waals surface area contributed by atoms with Gasteiger partial charge in [-0.3, -0.25) is 4.57 Å². The van der Waals surface area contributed by atoms with E-state index in [4.69, 9.17) is 39.5 Å². The summed E-state index contributed by atoms with van der Waals surface area (Å²) in [4.78, 5) is 4.67. The van der Waals surface area contributed by atoms with Gasteiger partial charge in [0.15, 0.2) is 5.16 Å². The fraction of sp³-hybridized carbons (Fsp3) is 0.222. The Bertz CT molecular complexity index is 1340. The van der Waals surface area contributed by atoms with E-state index in [1.807, 2.05) is 22.9 Å². The summed E-state index contributed by atoms with van der Waals surface area (Å²) in [7, 11) is 0. The van der Waals surface area contributed by atoms with Gasteiger partial charge in [-0.15, -0.1) is 0 Å². The lowest BCUT2D eigenvalue weighted by molar-refractivity contribution is 0.134. The van der Waals surface area contributed by atoms with Gasteiger partial charge < -0.3 is 4.74 Å². The Hall–Kier alpha value is -2.09. The summed E-state index contributed by atoms with van der Waals surface area (Å²) in [6.45, 7) is 4.57. The highest BCUT2D eigenvalue weighted by Gasteiger charge is 2.30. The summed E-state index contributed by atoms with van der Waals surface area (Å²) in [6.07, 6.45) is 1.81. The molecule has 4 rings (SSSR count). The maximum Gasteiger partial charge on any atom is 0.172 e. The van der Waals surface area contributed by atoms with E-state index in [0.29, 0.717) is 33.0 Å². The Kier molecular flexibility index (Phi) is 8.63. The van der Waals surface area contributed by atoms with Crippen LogP contribution in [0.15, 0.2) is 72.0 Å². The molecule has 1 aromatic heterocycles. The van der Waals surface area contributed by atoms with Crippen LogP contribution in [0.4, 0.5) is 8.78 Å². The van der Waals surface area contributed by atoms with Crippen molar-refractivity contribution < 1.29 is 13.5 Å². The molecule has 0 aliphatic heterocycles. The van der Waals surface area contributed by atoms with Crippen LogP contribution in [0.2, 0.25) is 15.1 Å². The number of halogens is 5. The maximum absolute atomic E-state index is 14.0. The zero-order valence-corrected chi connectivity index (χ0v) is 22.7. The van der Waals surface area contributed by atoms with E-state index in [1.54, 1.807) is 30.3 Å². The molecule has 0 spiro atoms. The minimum absolute atomic E-state index is 0.0775. The third-order valence-electron chi connectivity index (χ3n) is 5.86. The molecule has 0 radical (unpaired) electrons. The van der Waals surface area contributed by atoms with Crippen LogP contribution >= 0.6 is 46.6 Å². The van der Waals surface area contributed by atoms with Crippen molar-refractivity contribution in [3.05, 3.63) is 110 Å². The smallest absolute Gasteiger partial charge is 0.172 e. The number of hydrogen-bond donors (Lipinski definition) is 0. The number of imidazole rings is 1. The molecule has 0 atom stereocenters. The standard InChI is InChI=1S/C27H23Cl3F2N2OS/c1-27(2,17-6-11-22(29)23(30)14-17)25-15-33-26(34(25)19-9-7-18(31)8-10-19)36-13-12-35-16-20-21(28)4-3-5-24(20)32/h3-11,14-15H,12-13,16H2,1-2H3. The molecule has 9 heteroatoms. The van der Waals surface area contributed by atoms with Crippen LogP contribution in [0, 0.1) is 11.6 Å². The Morgan fingerprint density at radius 2 is 1.69 bits per heavy atom. The van der Waals surface area contributed by atoms with Gasteiger partial charge in [0.2, 0.25) is 0 Å². The van der Waals surface area contributed by atoms with Crippen LogP contribution in [-0.4, -0.2) is 21.9 Å². The average Bonchev–Trinajstić information content (AvgIpc) is 3.27. The Balaban J connectivity index is 1.57. The first-order valence-electron chi connectivity index (χ1n) is 11.1. The third kappa shape index (κ3) is 5.90. The van der Waals surface area contributed by atoms with Crippen molar-refractivity contribution in [1.29, 1.82) is 0 Å². The second-order valence-electron chi connectivity index (χ2n) is 8.59. The maximum atomic E-state index is 14.0. The van der Waals surface area contributed by atoms with Gasteiger partial charge in [-0.25, -0.2) is 13.8 Å². The van der Waals surface area contributed by atoms with Crippen molar-refractivity contribution in [1.82, 2.24) is 9.55 Å². The number of aromatic nitrogens is 2. The van der Waals surface area contributed by atoms with Gasteiger partial charge in [0, 0.05) is 27.4 Å². The first-order valence-corrected chi connectivity index (χ1v) is 13.2. The average molecular weight is 568 g/mol. The lowest BCUT2D eigenvalue weighted by atomic mass is 9.81. The van der Waals surface area contributed by atoms with Crippen molar-refractivity contribution >= 4 is 46.6 Å². The summed E-state index contributed by atoms with van der Waals surface area (Å²) < 4.78 is 35.3. The van der Waals surface area contributed by atoms with Gasteiger partial charge in [-0.2, -0.15) is 0 Å². The van der Waals surface area contributed by atoms with Gasteiger partial charge in [0.05, 0.1) is 35.1 Å². The molecule has 0 saturated carbocycles. The fourth-order valence-corrected chi connectivity index (χ4v) is 5.15. The predicted molar refractivity (Wildman–Crippen MR) is 144 cm³/mol. The minimum Gasteiger partial charge on any atom is -0.376 e. The Morgan fingerprint density at radius 1 is 0.944 bits per heavy atom. The molecule has 3 aromatic carbocycles. The summed E-state index contributed by atoms with van der Waals surface area (Å²) in [6, 6.07) is 16.4. The number of thioether (sulfide) groups is 1. The molecule has 4 aromatic rings. The van der Waals surface area contributed by atoms with Crippen molar-refractivity contribution in [3.8, 4) is 5.69 Å². The normalized spacial score (nSPS) is 11.8. The molecule has 0 amide bonds. The molecule has 188 valence electrons. The summed E-state index contributed by atoms with van der Waals surface area (Å²) in [5.41, 5.74) is 2.48. The SMILES string of the molecule is CC(C)(c1ccc(Cl)c(Cl)c1)c1cnc(SCCOCc2c(F)cccc2Cl)n1-c1ccc(F)cc1. The predicted octanol–water partition coefficient (Wildman–Crippen LogP) is 8.75. The van der Waals surface area contributed by atoms with Crippen LogP contribution in [0.25, 0.3) is 5.69 Å². The molecule has 1 heterocycles. The van der Waals surface area contributed by atoms with Crippen molar-refractivity contribution in [2.75, 3.05) is 12.4 Å². The van der Waals surface area contributed by atoms with Crippen LogP contribution < -0.4 is 0 Å². The van der Waals surface area contributed by atoms with E-state index in [2.05, 4.69) is 18.8 Å². The molecular formula is C27H23Cl3F2N2OS.